The Morgan fingerprint density at radius 1 is 1.05 bits per heavy atom. The van der Waals surface area contributed by atoms with Crippen LogP contribution in [0.4, 0.5) is 0 Å². The number of carbonyl (C=O) groups is 1. The third-order valence-electron chi connectivity index (χ3n) is 2.46. The second-order valence-corrected chi connectivity index (χ2v) is 3.94. The molecule has 2 aromatic rings. The summed E-state index contributed by atoms with van der Waals surface area (Å²) < 4.78 is 5.04. The first-order valence-electron chi connectivity index (χ1n) is 5.56. The number of para-hydroxylation sites is 1. The van der Waals surface area contributed by atoms with Gasteiger partial charge < -0.3 is 20.1 Å². The molecule has 3 N–H and O–H groups in total. The highest BCUT2D eigenvalue weighted by Gasteiger charge is 2.14. The molecule has 0 heterocycles. The summed E-state index contributed by atoms with van der Waals surface area (Å²) in [6, 6.07) is 10.7. The van der Waals surface area contributed by atoms with Crippen LogP contribution in [-0.2, 0) is 11.2 Å². The lowest BCUT2D eigenvalue weighted by Gasteiger charge is -2.07. The molecule has 2 rings (SSSR count). The standard InChI is InChI=1S/C14H12O5/c15-10-6-9(14(18)12(16)8-10)7-13(17)19-11-4-2-1-3-5-11/h1-6,8,15-16,18H,7H2. The van der Waals surface area contributed by atoms with Crippen molar-refractivity contribution in [1.82, 2.24) is 0 Å². The molecular weight excluding hydrogens is 248 g/mol. The summed E-state index contributed by atoms with van der Waals surface area (Å²) in [5, 5.41) is 28.2. The van der Waals surface area contributed by atoms with Gasteiger partial charge in [0.1, 0.15) is 11.5 Å². The number of phenolic OH excluding ortho intramolecular Hbond substituents is 3. The molecule has 0 fully saturated rings. The summed E-state index contributed by atoms with van der Waals surface area (Å²) in [4.78, 5) is 11.7. The van der Waals surface area contributed by atoms with E-state index >= 15 is 0 Å². The monoisotopic (exact) mass is 260 g/mol. The Labute approximate surface area is 109 Å². The predicted molar refractivity (Wildman–Crippen MR) is 67.2 cm³/mol. The minimum absolute atomic E-state index is 0.0958. The molecule has 19 heavy (non-hydrogen) atoms. The average molecular weight is 260 g/mol. The van der Waals surface area contributed by atoms with E-state index in [0.29, 0.717) is 5.75 Å². The molecule has 0 aliphatic heterocycles. The van der Waals surface area contributed by atoms with Crippen molar-refractivity contribution in [3.05, 3.63) is 48.0 Å². The van der Waals surface area contributed by atoms with Gasteiger partial charge >= 0.3 is 5.97 Å². The van der Waals surface area contributed by atoms with E-state index in [0.717, 1.165) is 6.07 Å². The summed E-state index contributed by atoms with van der Waals surface area (Å²) in [6.07, 6.45) is -0.261. The van der Waals surface area contributed by atoms with Crippen molar-refractivity contribution < 1.29 is 24.9 Å². The van der Waals surface area contributed by atoms with E-state index in [-0.39, 0.29) is 17.7 Å². The van der Waals surface area contributed by atoms with Gasteiger partial charge in [-0.2, -0.15) is 0 Å². The molecule has 5 heteroatoms. The van der Waals surface area contributed by atoms with Crippen LogP contribution < -0.4 is 4.74 Å². The summed E-state index contributed by atoms with van der Waals surface area (Å²) in [6.45, 7) is 0. The highest BCUT2D eigenvalue weighted by atomic mass is 16.5. The fourth-order valence-corrected chi connectivity index (χ4v) is 1.61. The smallest absolute Gasteiger partial charge is 0.315 e. The fraction of sp³-hybridized carbons (Fsp3) is 0.0714. The van der Waals surface area contributed by atoms with Crippen LogP contribution in [0.15, 0.2) is 42.5 Å². The van der Waals surface area contributed by atoms with E-state index in [1.54, 1.807) is 30.3 Å². The molecule has 0 bridgehead atoms. The van der Waals surface area contributed by atoms with Crippen molar-refractivity contribution in [1.29, 1.82) is 0 Å². The van der Waals surface area contributed by atoms with E-state index in [1.807, 2.05) is 0 Å². The lowest BCUT2D eigenvalue weighted by Crippen LogP contribution is -2.11. The summed E-state index contributed by atoms with van der Waals surface area (Å²) >= 11 is 0. The molecule has 0 unspecified atom stereocenters. The lowest BCUT2D eigenvalue weighted by atomic mass is 10.1. The van der Waals surface area contributed by atoms with Gasteiger partial charge in [0.05, 0.1) is 6.42 Å². The Morgan fingerprint density at radius 3 is 2.42 bits per heavy atom. The largest absolute Gasteiger partial charge is 0.508 e. The fourth-order valence-electron chi connectivity index (χ4n) is 1.61. The first kappa shape index (κ1) is 12.8. The highest BCUT2D eigenvalue weighted by molar-refractivity contribution is 5.76. The molecule has 98 valence electrons. The SMILES string of the molecule is O=C(Cc1cc(O)cc(O)c1O)Oc1ccccc1. The van der Waals surface area contributed by atoms with Crippen molar-refractivity contribution in [2.45, 2.75) is 6.42 Å². The second kappa shape index (κ2) is 5.30. The minimum atomic E-state index is -0.605. The van der Waals surface area contributed by atoms with Gasteiger partial charge in [0, 0.05) is 11.6 Å². The van der Waals surface area contributed by atoms with Crippen LogP contribution in [0.5, 0.6) is 23.0 Å². The van der Waals surface area contributed by atoms with Crippen molar-refractivity contribution in [2.75, 3.05) is 0 Å². The van der Waals surface area contributed by atoms with Crippen LogP contribution in [0.1, 0.15) is 5.56 Å². The molecule has 2 aromatic carbocycles. The number of rotatable bonds is 3. The van der Waals surface area contributed by atoms with Crippen molar-refractivity contribution >= 4 is 5.97 Å². The zero-order valence-corrected chi connectivity index (χ0v) is 9.91. The molecule has 0 spiro atoms. The number of ether oxygens (including phenoxy) is 1. The van der Waals surface area contributed by atoms with Gasteiger partial charge in [-0.25, -0.2) is 0 Å². The van der Waals surface area contributed by atoms with Gasteiger partial charge in [-0.15, -0.1) is 0 Å². The number of carbonyl (C=O) groups excluding carboxylic acids is 1. The van der Waals surface area contributed by atoms with Crippen LogP contribution in [0, 0.1) is 0 Å². The van der Waals surface area contributed by atoms with Crippen molar-refractivity contribution in [3.63, 3.8) is 0 Å². The van der Waals surface area contributed by atoms with E-state index in [4.69, 9.17) is 4.74 Å². The molecule has 5 nitrogen and oxygen atoms in total. The molecule has 0 radical (unpaired) electrons. The van der Waals surface area contributed by atoms with E-state index in [9.17, 15) is 20.1 Å². The van der Waals surface area contributed by atoms with Gasteiger partial charge in [0.2, 0.25) is 0 Å². The number of benzene rings is 2. The van der Waals surface area contributed by atoms with E-state index in [2.05, 4.69) is 0 Å². The molecule has 0 aromatic heterocycles. The first-order chi connectivity index (χ1) is 9.06. The quantitative estimate of drug-likeness (QED) is 0.340. The number of aromatic hydroxyl groups is 3. The van der Waals surface area contributed by atoms with Crippen LogP contribution >= 0.6 is 0 Å². The number of phenols is 3. The number of hydrogen-bond acceptors (Lipinski definition) is 5. The van der Waals surface area contributed by atoms with Gasteiger partial charge in [0.25, 0.3) is 0 Å². The summed E-state index contributed by atoms with van der Waals surface area (Å²) in [5.41, 5.74) is 0.0958. The van der Waals surface area contributed by atoms with Gasteiger partial charge in [-0.3, -0.25) is 4.79 Å². The highest BCUT2D eigenvalue weighted by Crippen LogP contribution is 2.33. The van der Waals surface area contributed by atoms with Crippen LogP contribution in [-0.4, -0.2) is 21.3 Å². The topological polar surface area (TPSA) is 87.0 Å². The van der Waals surface area contributed by atoms with Crippen LogP contribution in [0.25, 0.3) is 0 Å². The normalized spacial score (nSPS) is 10.1. The van der Waals surface area contributed by atoms with Crippen LogP contribution in [0.3, 0.4) is 0 Å². The van der Waals surface area contributed by atoms with Crippen LogP contribution in [0.2, 0.25) is 0 Å². The van der Waals surface area contributed by atoms with E-state index < -0.39 is 17.5 Å². The maximum atomic E-state index is 11.7. The second-order valence-electron chi connectivity index (χ2n) is 3.94. The van der Waals surface area contributed by atoms with Crippen molar-refractivity contribution in [3.8, 4) is 23.0 Å². The average Bonchev–Trinajstić information content (AvgIpc) is 2.36. The minimum Gasteiger partial charge on any atom is -0.508 e. The Hall–Kier alpha value is -2.69. The molecule has 0 atom stereocenters. The maximum Gasteiger partial charge on any atom is 0.315 e. The lowest BCUT2D eigenvalue weighted by molar-refractivity contribution is -0.133. The molecular formula is C14H12O5. The maximum absolute atomic E-state index is 11.7. The third kappa shape index (κ3) is 3.16. The first-order valence-corrected chi connectivity index (χ1v) is 5.56. The van der Waals surface area contributed by atoms with Gasteiger partial charge in [-0.1, -0.05) is 18.2 Å². The Balaban J connectivity index is 2.11. The molecule has 0 saturated heterocycles. The molecule has 0 saturated carbocycles. The zero-order chi connectivity index (χ0) is 13.8. The number of hydrogen-bond donors (Lipinski definition) is 3. The zero-order valence-electron chi connectivity index (χ0n) is 9.91. The Bertz CT molecular complexity index is 592. The molecule has 0 aliphatic carbocycles. The predicted octanol–water partition coefficient (Wildman–Crippen LogP) is 1.95. The summed E-state index contributed by atoms with van der Waals surface area (Å²) in [5.74, 6) is -1.38. The van der Waals surface area contributed by atoms with Gasteiger partial charge in [0.15, 0.2) is 11.5 Å². The number of esters is 1. The van der Waals surface area contributed by atoms with Crippen molar-refractivity contribution in [2.24, 2.45) is 0 Å². The molecule has 0 aliphatic rings. The summed E-state index contributed by atoms with van der Waals surface area (Å²) in [7, 11) is 0. The molecule has 0 amide bonds. The third-order valence-corrected chi connectivity index (χ3v) is 2.46. The Kier molecular flexibility index (Phi) is 3.56. The van der Waals surface area contributed by atoms with Gasteiger partial charge in [-0.05, 0) is 18.2 Å². The Morgan fingerprint density at radius 2 is 1.74 bits per heavy atom. The van der Waals surface area contributed by atoms with E-state index in [1.165, 1.54) is 6.07 Å².